The normalized spacial score (nSPS) is 10.7. The number of benzene rings is 2. The lowest BCUT2D eigenvalue weighted by Gasteiger charge is -2.08. The molecule has 2 aromatic carbocycles. The average Bonchev–Trinajstić information content (AvgIpc) is 2.23. The molecular weight excluding hydrogens is 184 g/mol. The Hall–Kier alpha value is -1.70. The molecule has 2 aromatic rings. The molecule has 15 heavy (non-hydrogen) atoms. The summed E-state index contributed by atoms with van der Waals surface area (Å²) in [6.45, 7) is 2.16. The van der Waals surface area contributed by atoms with Gasteiger partial charge < -0.3 is 11.5 Å². The monoisotopic (exact) mass is 200 g/mol. The van der Waals surface area contributed by atoms with Crippen molar-refractivity contribution in [2.45, 2.75) is 19.8 Å². The zero-order valence-electron chi connectivity index (χ0n) is 8.96. The predicted molar refractivity (Wildman–Crippen MR) is 66.8 cm³/mol. The maximum atomic E-state index is 6.12. The molecule has 0 saturated carbocycles. The highest BCUT2D eigenvalue weighted by Crippen LogP contribution is 2.27. The molecule has 0 bridgehead atoms. The number of anilines is 2. The molecule has 0 aliphatic carbocycles. The second-order valence-corrected chi connectivity index (χ2v) is 3.87. The van der Waals surface area contributed by atoms with Gasteiger partial charge >= 0.3 is 0 Å². The van der Waals surface area contributed by atoms with Gasteiger partial charge in [-0.15, -0.1) is 0 Å². The van der Waals surface area contributed by atoms with Gasteiger partial charge in [-0.1, -0.05) is 31.5 Å². The van der Waals surface area contributed by atoms with Gasteiger partial charge in [-0.25, -0.2) is 0 Å². The first-order chi connectivity index (χ1) is 7.22. The SMILES string of the molecule is CCCc1ccc2ccc(N)cc2c1N. The molecule has 0 aromatic heterocycles. The summed E-state index contributed by atoms with van der Waals surface area (Å²) in [4.78, 5) is 0. The van der Waals surface area contributed by atoms with E-state index in [0.29, 0.717) is 0 Å². The molecule has 0 aliphatic rings. The summed E-state index contributed by atoms with van der Waals surface area (Å²) < 4.78 is 0. The molecule has 4 N–H and O–H groups in total. The van der Waals surface area contributed by atoms with Crippen molar-refractivity contribution in [1.29, 1.82) is 0 Å². The molecule has 2 heteroatoms. The third-order valence-electron chi connectivity index (χ3n) is 2.70. The number of fused-ring (bicyclic) bond motifs is 1. The number of nitrogen functional groups attached to an aromatic ring is 2. The van der Waals surface area contributed by atoms with Crippen molar-refractivity contribution in [3.63, 3.8) is 0 Å². The van der Waals surface area contributed by atoms with Gasteiger partial charge in [-0.3, -0.25) is 0 Å². The average molecular weight is 200 g/mol. The van der Waals surface area contributed by atoms with Crippen molar-refractivity contribution in [1.82, 2.24) is 0 Å². The highest BCUT2D eigenvalue weighted by atomic mass is 14.6. The van der Waals surface area contributed by atoms with Crippen LogP contribution in [0.5, 0.6) is 0 Å². The maximum Gasteiger partial charge on any atom is 0.0427 e. The van der Waals surface area contributed by atoms with Crippen molar-refractivity contribution < 1.29 is 0 Å². The van der Waals surface area contributed by atoms with Crippen LogP contribution in [0, 0.1) is 0 Å². The molecule has 2 rings (SSSR count). The summed E-state index contributed by atoms with van der Waals surface area (Å²) in [5, 5.41) is 2.22. The van der Waals surface area contributed by atoms with Crippen LogP contribution in [0.1, 0.15) is 18.9 Å². The van der Waals surface area contributed by atoms with Crippen LogP contribution in [0.4, 0.5) is 11.4 Å². The molecule has 0 unspecified atom stereocenters. The van der Waals surface area contributed by atoms with Crippen LogP contribution in [0.3, 0.4) is 0 Å². The van der Waals surface area contributed by atoms with Gasteiger partial charge in [-0.05, 0) is 29.5 Å². The first kappa shape index (κ1) is 9.84. The smallest absolute Gasteiger partial charge is 0.0427 e. The summed E-state index contributed by atoms with van der Waals surface area (Å²) in [6, 6.07) is 10.1. The molecule has 0 heterocycles. The minimum Gasteiger partial charge on any atom is -0.399 e. The molecule has 0 radical (unpaired) electrons. The van der Waals surface area contributed by atoms with Gasteiger partial charge in [0.2, 0.25) is 0 Å². The van der Waals surface area contributed by atoms with Crippen LogP contribution in [-0.4, -0.2) is 0 Å². The van der Waals surface area contributed by atoms with Gasteiger partial charge in [0.05, 0.1) is 0 Å². The minimum atomic E-state index is 0.767. The zero-order chi connectivity index (χ0) is 10.8. The first-order valence-electron chi connectivity index (χ1n) is 5.29. The first-order valence-corrected chi connectivity index (χ1v) is 5.29. The van der Waals surface area contributed by atoms with Gasteiger partial charge in [0.15, 0.2) is 0 Å². The summed E-state index contributed by atoms with van der Waals surface area (Å²) in [5.41, 5.74) is 14.7. The molecule has 0 saturated heterocycles. The minimum absolute atomic E-state index is 0.767. The zero-order valence-corrected chi connectivity index (χ0v) is 8.96. The number of nitrogens with two attached hydrogens (primary N) is 2. The Morgan fingerprint density at radius 3 is 2.53 bits per heavy atom. The highest BCUT2D eigenvalue weighted by molar-refractivity contribution is 5.96. The Morgan fingerprint density at radius 1 is 1.07 bits per heavy atom. The molecule has 2 nitrogen and oxygen atoms in total. The van der Waals surface area contributed by atoms with Crippen molar-refractivity contribution in [3.8, 4) is 0 Å². The number of aryl methyl sites for hydroxylation is 1. The molecule has 0 amide bonds. The van der Waals surface area contributed by atoms with Crippen molar-refractivity contribution in [2.75, 3.05) is 11.5 Å². The van der Waals surface area contributed by atoms with Crippen LogP contribution in [0.15, 0.2) is 30.3 Å². The lowest BCUT2D eigenvalue weighted by atomic mass is 10.0. The van der Waals surface area contributed by atoms with E-state index in [-0.39, 0.29) is 0 Å². The molecule has 0 spiro atoms. The fourth-order valence-electron chi connectivity index (χ4n) is 1.89. The molecule has 0 fully saturated rings. The molecule has 78 valence electrons. The Morgan fingerprint density at radius 2 is 1.80 bits per heavy atom. The van der Waals surface area contributed by atoms with Crippen LogP contribution in [0.25, 0.3) is 10.8 Å². The van der Waals surface area contributed by atoms with Gasteiger partial charge in [0, 0.05) is 16.8 Å². The van der Waals surface area contributed by atoms with Gasteiger partial charge in [0.1, 0.15) is 0 Å². The number of rotatable bonds is 2. The van der Waals surface area contributed by atoms with E-state index in [4.69, 9.17) is 11.5 Å². The maximum absolute atomic E-state index is 6.12. The van der Waals surface area contributed by atoms with Crippen molar-refractivity contribution in [3.05, 3.63) is 35.9 Å². The van der Waals surface area contributed by atoms with Crippen LogP contribution < -0.4 is 11.5 Å². The van der Waals surface area contributed by atoms with Gasteiger partial charge in [-0.2, -0.15) is 0 Å². The standard InChI is InChI=1S/C13H16N2/c1-2-3-10-5-4-9-6-7-11(14)8-12(9)13(10)15/h4-8H,2-3,14-15H2,1H3. The topological polar surface area (TPSA) is 52.0 Å². The third-order valence-corrected chi connectivity index (χ3v) is 2.70. The Balaban J connectivity index is 2.65. The van der Waals surface area contributed by atoms with E-state index in [2.05, 4.69) is 19.1 Å². The van der Waals surface area contributed by atoms with Crippen LogP contribution >= 0.6 is 0 Å². The summed E-state index contributed by atoms with van der Waals surface area (Å²) in [7, 11) is 0. The van der Waals surface area contributed by atoms with Crippen molar-refractivity contribution in [2.24, 2.45) is 0 Å². The second kappa shape index (κ2) is 3.81. The van der Waals surface area contributed by atoms with E-state index in [0.717, 1.165) is 35.0 Å². The van der Waals surface area contributed by atoms with E-state index < -0.39 is 0 Å². The largest absolute Gasteiger partial charge is 0.399 e. The lowest BCUT2D eigenvalue weighted by Crippen LogP contribution is -1.96. The lowest BCUT2D eigenvalue weighted by molar-refractivity contribution is 0.926. The van der Waals surface area contributed by atoms with Crippen molar-refractivity contribution >= 4 is 22.1 Å². The summed E-state index contributed by atoms with van der Waals surface area (Å²) in [6.07, 6.45) is 2.13. The summed E-state index contributed by atoms with van der Waals surface area (Å²) >= 11 is 0. The van der Waals surface area contributed by atoms with Crippen LogP contribution in [-0.2, 0) is 6.42 Å². The van der Waals surface area contributed by atoms with Crippen LogP contribution in [0.2, 0.25) is 0 Å². The molecular formula is C13H16N2. The molecule has 0 atom stereocenters. The van der Waals surface area contributed by atoms with E-state index in [9.17, 15) is 0 Å². The Kier molecular flexibility index (Phi) is 2.50. The van der Waals surface area contributed by atoms with E-state index in [1.165, 1.54) is 5.56 Å². The number of hydrogen-bond donors (Lipinski definition) is 2. The van der Waals surface area contributed by atoms with E-state index in [1.54, 1.807) is 0 Å². The Bertz CT molecular complexity index is 489. The fraction of sp³-hybridized carbons (Fsp3) is 0.231. The number of hydrogen-bond acceptors (Lipinski definition) is 2. The van der Waals surface area contributed by atoms with Gasteiger partial charge in [0.25, 0.3) is 0 Å². The van der Waals surface area contributed by atoms with E-state index >= 15 is 0 Å². The van der Waals surface area contributed by atoms with E-state index in [1.807, 2.05) is 18.2 Å². The quantitative estimate of drug-likeness (QED) is 0.732. The molecule has 0 aliphatic heterocycles. The highest BCUT2D eigenvalue weighted by Gasteiger charge is 2.03. The second-order valence-electron chi connectivity index (χ2n) is 3.87. The summed E-state index contributed by atoms with van der Waals surface area (Å²) in [5.74, 6) is 0. The third kappa shape index (κ3) is 1.75. The fourth-order valence-corrected chi connectivity index (χ4v) is 1.89. The Labute approximate surface area is 89.9 Å². The predicted octanol–water partition coefficient (Wildman–Crippen LogP) is 2.96.